The van der Waals surface area contributed by atoms with Crippen LogP contribution in [0.1, 0.15) is 52.4 Å². The largest absolute Gasteiger partial charge is 0.356 e. The van der Waals surface area contributed by atoms with Gasteiger partial charge in [0.2, 0.25) is 0 Å². The fourth-order valence-electron chi connectivity index (χ4n) is 3.72. The first-order chi connectivity index (χ1) is 9.28. The van der Waals surface area contributed by atoms with E-state index in [-0.39, 0.29) is 24.0 Å². The third-order valence-electron chi connectivity index (χ3n) is 5.19. The second kappa shape index (κ2) is 9.11. The second-order valence-corrected chi connectivity index (χ2v) is 6.32. The molecule has 0 aromatic rings. The van der Waals surface area contributed by atoms with Crippen molar-refractivity contribution >= 4 is 29.9 Å². The molecule has 2 unspecified atom stereocenters. The second-order valence-electron chi connectivity index (χ2n) is 6.32. The van der Waals surface area contributed by atoms with Crippen LogP contribution >= 0.6 is 24.0 Å². The molecule has 1 heterocycles. The van der Waals surface area contributed by atoms with Gasteiger partial charge < -0.3 is 10.2 Å². The van der Waals surface area contributed by atoms with Crippen LogP contribution in [0.25, 0.3) is 0 Å². The van der Waals surface area contributed by atoms with Crippen LogP contribution in [-0.4, -0.2) is 37.5 Å². The number of nitrogens with zero attached hydrogens (tertiary/aromatic N) is 2. The molecule has 0 amide bonds. The average molecular weight is 393 g/mol. The van der Waals surface area contributed by atoms with Crippen LogP contribution < -0.4 is 5.32 Å². The van der Waals surface area contributed by atoms with Gasteiger partial charge in [-0.05, 0) is 30.6 Å². The minimum Gasteiger partial charge on any atom is -0.356 e. The maximum atomic E-state index is 4.50. The first-order valence-electron chi connectivity index (χ1n) is 8.24. The van der Waals surface area contributed by atoms with Gasteiger partial charge >= 0.3 is 0 Å². The lowest BCUT2D eigenvalue weighted by molar-refractivity contribution is 0.299. The lowest BCUT2D eigenvalue weighted by atomic mass is 9.82. The van der Waals surface area contributed by atoms with E-state index in [0.717, 1.165) is 30.3 Å². The van der Waals surface area contributed by atoms with Crippen molar-refractivity contribution in [2.75, 3.05) is 26.7 Å². The average Bonchev–Trinajstić information content (AvgIpc) is 2.87. The van der Waals surface area contributed by atoms with Crippen LogP contribution in [0.5, 0.6) is 0 Å². The SMILES string of the molecule is CCC(CC)CNC(=NC)N1CC2CCCCC2C1.I. The van der Waals surface area contributed by atoms with Crippen molar-refractivity contribution in [3.05, 3.63) is 0 Å². The first-order valence-corrected chi connectivity index (χ1v) is 8.24. The van der Waals surface area contributed by atoms with Crippen molar-refractivity contribution < 1.29 is 0 Å². The molecule has 4 heteroatoms. The third kappa shape index (κ3) is 4.50. The molecular weight excluding hydrogens is 361 g/mol. The maximum absolute atomic E-state index is 4.50. The van der Waals surface area contributed by atoms with Gasteiger partial charge in [0.05, 0.1) is 0 Å². The summed E-state index contributed by atoms with van der Waals surface area (Å²) < 4.78 is 0. The Morgan fingerprint density at radius 3 is 2.15 bits per heavy atom. The lowest BCUT2D eigenvalue weighted by Crippen LogP contribution is -2.42. The summed E-state index contributed by atoms with van der Waals surface area (Å²) >= 11 is 0. The molecule has 118 valence electrons. The maximum Gasteiger partial charge on any atom is 0.193 e. The van der Waals surface area contributed by atoms with Gasteiger partial charge in [-0.25, -0.2) is 0 Å². The lowest BCUT2D eigenvalue weighted by Gasteiger charge is -2.23. The van der Waals surface area contributed by atoms with Gasteiger partial charge in [0.15, 0.2) is 5.96 Å². The highest BCUT2D eigenvalue weighted by Gasteiger charge is 2.35. The normalized spacial score (nSPS) is 26.4. The Balaban J connectivity index is 0.00000200. The van der Waals surface area contributed by atoms with E-state index >= 15 is 0 Å². The van der Waals surface area contributed by atoms with Crippen molar-refractivity contribution in [2.24, 2.45) is 22.7 Å². The van der Waals surface area contributed by atoms with Gasteiger partial charge in [0.1, 0.15) is 0 Å². The van der Waals surface area contributed by atoms with Crippen molar-refractivity contribution in [1.29, 1.82) is 0 Å². The Kier molecular flexibility index (Phi) is 8.22. The number of fused-ring (bicyclic) bond motifs is 1. The quantitative estimate of drug-likeness (QED) is 0.448. The molecule has 1 saturated carbocycles. The summed E-state index contributed by atoms with van der Waals surface area (Å²) in [5.74, 6) is 3.78. The van der Waals surface area contributed by atoms with Crippen LogP contribution in [0.2, 0.25) is 0 Å². The van der Waals surface area contributed by atoms with Crippen molar-refractivity contribution in [2.45, 2.75) is 52.4 Å². The highest BCUT2D eigenvalue weighted by Crippen LogP contribution is 2.35. The van der Waals surface area contributed by atoms with E-state index in [1.54, 1.807) is 0 Å². The van der Waals surface area contributed by atoms with Gasteiger partial charge in [-0.2, -0.15) is 0 Å². The number of hydrogen-bond donors (Lipinski definition) is 1. The molecule has 1 N–H and O–H groups in total. The van der Waals surface area contributed by atoms with Crippen molar-refractivity contribution in [3.8, 4) is 0 Å². The highest BCUT2D eigenvalue weighted by atomic mass is 127. The summed E-state index contributed by atoms with van der Waals surface area (Å²) in [7, 11) is 1.93. The summed E-state index contributed by atoms with van der Waals surface area (Å²) in [5, 5.41) is 3.60. The summed E-state index contributed by atoms with van der Waals surface area (Å²) in [5.41, 5.74) is 0. The summed E-state index contributed by atoms with van der Waals surface area (Å²) in [6, 6.07) is 0. The molecule has 0 aromatic heterocycles. The predicted molar refractivity (Wildman–Crippen MR) is 97.9 cm³/mol. The van der Waals surface area contributed by atoms with E-state index in [0.29, 0.717) is 0 Å². The van der Waals surface area contributed by atoms with Gasteiger partial charge in [-0.3, -0.25) is 4.99 Å². The molecule has 20 heavy (non-hydrogen) atoms. The zero-order valence-corrected chi connectivity index (χ0v) is 15.7. The van der Waals surface area contributed by atoms with Gasteiger partial charge in [0.25, 0.3) is 0 Å². The number of nitrogens with one attached hydrogen (secondary N) is 1. The number of aliphatic imine (C=N–C) groups is 1. The zero-order valence-electron chi connectivity index (χ0n) is 13.4. The van der Waals surface area contributed by atoms with Crippen LogP contribution in [-0.2, 0) is 0 Å². The molecule has 0 aromatic carbocycles. The fraction of sp³-hybridized carbons (Fsp3) is 0.938. The summed E-state index contributed by atoms with van der Waals surface area (Å²) in [6.07, 6.45) is 8.26. The molecule has 3 nitrogen and oxygen atoms in total. The van der Waals surface area contributed by atoms with E-state index < -0.39 is 0 Å². The number of rotatable bonds is 4. The Morgan fingerprint density at radius 1 is 1.15 bits per heavy atom. The molecule has 2 fully saturated rings. The number of likely N-dealkylation sites (tertiary alicyclic amines) is 1. The Morgan fingerprint density at radius 2 is 1.70 bits per heavy atom. The van der Waals surface area contributed by atoms with E-state index in [1.165, 1.54) is 51.6 Å². The molecule has 1 saturated heterocycles. The van der Waals surface area contributed by atoms with E-state index in [9.17, 15) is 0 Å². The number of halogens is 1. The summed E-state index contributed by atoms with van der Waals surface area (Å²) in [4.78, 5) is 7.00. The Bertz CT molecular complexity index is 288. The monoisotopic (exact) mass is 393 g/mol. The highest BCUT2D eigenvalue weighted by molar-refractivity contribution is 14.0. The van der Waals surface area contributed by atoms with E-state index in [4.69, 9.17) is 0 Å². The van der Waals surface area contributed by atoms with Gasteiger partial charge in [-0.1, -0.05) is 39.5 Å². The molecule has 0 bridgehead atoms. The number of guanidine groups is 1. The predicted octanol–water partition coefficient (Wildman–Crippen LogP) is 3.74. The molecule has 0 radical (unpaired) electrons. The van der Waals surface area contributed by atoms with Crippen LogP contribution in [0.15, 0.2) is 4.99 Å². The minimum atomic E-state index is 0. The van der Waals surface area contributed by atoms with E-state index in [2.05, 4.69) is 29.1 Å². The molecule has 0 spiro atoms. The number of hydrogen-bond acceptors (Lipinski definition) is 1. The van der Waals surface area contributed by atoms with E-state index in [1.807, 2.05) is 7.05 Å². The topological polar surface area (TPSA) is 27.6 Å². The molecule has 1 aliphatic carbocycles. The Hall–Kier alpha value is 0. The standard InChI is InChI=1S/C16H31N3.HI/c1-4-13(5-2)10-18-16(17-3)19-11-14-8-6-7-9-15(14)12-19;/h13-15H,4-12H2,1-3H3,(H,17,18);1H. The first kappa shape index (κ1) is 18.1. The van der Waals surface area contributed by atoms with Crippen molar-refractivity contribution in [3.63, 3.8) is 0 Å². The minimum absolute atomic E-state index is 0. The van der Waals surface area contributed by atoms with Crippen LogP contribution in [0.3, 0.4) is 0 Å². The van der Waals surface area contributed by atoms with Crippen LogP contribution in [0.4, 0.5) is 0 Å². The molecule has 2 rings (SSSR count). The molecule has 1 aliphatic heterocycles. The third-order valence-corrected chi connectivity index (χ3v) is 5.19. The summed E-state index contributed by atoms with van der Waals surface area (Å²) in [6.45, 7) is 8.10. The molecule has 2 atom stereocenters. The van der Waals surface area contributed by atoms with Gasteiger partial charge in [-0.15, -0.1) is 24.0 Å². The van der Waals surface area contributed by atoms with Gasteiger partial charge in [0, 0.05) is 26.7 Å². The van der Waals surface area contributed by atoms with Crippen LogP contribution in [0, 0.1) is 17.8 Å². The Labute approximate surface area is 142 Å². The smallest absolute Gasteiger partial charge is 0.193 e. The molecular formula is C16H32IN3. The molecule has 2 aliphatic rings. The zero-order chi connectivity index (χ0) is 13.7. The van der Waals surface area contributed by atoms with Crippen molar-refractivity contribution in [1.82, 2.24) is 10.2 Å². The fourth-order valence-corrected chi connectivity index (χ4v) is 3.72.